The van der Waals surface area contributed by atoms with Gasteiger partial charge in [-0.2, -0.15) is 0 Å². The molecule has 1 aromatic carbocycles. The second kappa shape index (κ2) is 7.12. The lowest BCUT2D eigenvalue weighted by Crippen LogP contribution is -2.32. The van der Waals surface area contributed by atoms with Gasteiger partial charge in [-0.3, -0.25) is 9.88 Å². The minimum absolute atomic E-state index is 0.424. The Morgan fingerprint density at radius 2 is 2.08 bits per heavy atom. The first-order valence-corrected chi connectivity index (χ1v) is 9.51. The van der Waals surface area contributed by atoms with Crippen LogP contribution in [0.25, 0.3) is 10.9 Å². The fraction of sp³-hybridized carbons (Fsp3) is 0.409. The Hall–Kier alpha value is -2.33. The van der Waals surface area contributed by atoms with Gasteiger partial charge in [-0.15, -0.1) is 0 Å². The second-order valence-electron chi connectivity index (χ2n) is 7.65. The number of hydrogen-bond donors (Lipinski definition) is 1. The zero-order valence-electron chi connectivity index (χ0n) is 15.8. The molecule has 0 bridgehead atoms. The minimum Gasteiger partial charge on any atom is -0.492 e. The molecule has 0 aliphatic carbocycles. The van der Waals surface area contributed by atoms with Gasteiger partial charge in [-0.1, -0.05) is 19.1 Å². The highest BCUT2D eigenvalue weighted by Gasteiger charge is 2.18. The van der Waals surface area contributed by atoms with Crippen molar-refractivity contribution in [1.29, 1.82) is 0 Å². The van der Waals surface area contributed by atoms with Crippen LogP contribution in [-0.2, 0) is 13.0 Å². The highest BCUT2D eigenvalue weighted by atomic mass is 16.5. The molecule has 1 aliphatic rings. The lowest BCUT2D eigenvalue weighted by Gasteiger charge is -2.23. The van der Waals surface area contributed by atoms with Crippen LogP contribution in [0.3, 0.4) is 0 Å². The Morgan fingerprint density at radius 3 is 2.88 bits per heavy atom. The van der Waals surface area contributed by atoms with Gasteiger partial charge in [0.1, 0.15) is 12.4 Å². The largest absolute Gasteiger partial charge is 0.492 e. The van der Waals surface area contributed by atoms with Crippen molar-refractivity contribution in [3.63, 3.8) is 0 Å². The van der Waals surface area contributed by atoms with Crippen LogP contribution in [-0.4, -0.2) is 34.1 Å². The number of aromatic amines is 1. The fourth-order valence-electron chi connectivity index (χ4n) is 3.76. The Bertz CT molecular complexity index is 866. The van der Waals surface area contributed by atoms with E-state index in [0.717, 1.165) is 37.4 Å². The van der Waals surface area contributed by atoms with Crippen LogP contribution in [0, 0.1) is 0 Å². The number of benzene rings is 1. The first-order valence-electron chi connectivity index (χ1n) is 9.51. The number of nitrogens with one attached hydrogen (secondary N) is 1. The van der Waals surface area contributed by atoms with Crippen molar-refractivity contribution < 1.29 is 4.74 Å². The molecule has 1 aliphatic heterocycles. The SMILES string of the molecule is CC(Cc1ccc2c(c1)CN(C(C)C)CCO2)c1cc2cnccc2[nH]1. The maximum Gasteiger partial charge on any atom is 0.123 e. The molecule has 3 aromatic rings. The van der Waals surface area contributed by atoms with Crippen molar-refractivity contribution in [2.45, 2.75) is 45.7 Å². The number of rotatable bonds is 4. The molecule has 4 rings (SSSR count). The van der Waals surface area contributed by atoms with E-state index in [1.165, 1.54) is 22.2 Å². The number of aromatic nitrogens is 2. The summed E-state index contributed by atoms with van der Waals surface area (Å²) < 4.78 is 5.96. The quantitative estimate of drug-likeness (QED) is 0.753. The number of hydrogen-bond acceptors (Lipinski definition) is 3. The van der Waals surface area contributed by atoms with E-state index in [9.17, 15) is 0 Å². The van der Waals surface area contributed by atoms with E-state index in [-0.39, 0.29) is 0 Å². The molecule has 0 radical (unpaired) electrons. The summed E-state index contributed by atoms with van der Waals surface area (Å²) in [5.41, 5.74) is 5.09. The molecule has 0 fully saturated rings. The van der Waals surface area contributed by atoms with Gasteiger partial charge in [-0.05, 0) is 44.0 Å². The summed E-state index contributed by atoms with van der Waals surface area (Å²) in [6.45, 7) is 9.50. The van der Waals surface area contributed by atoms with Gasteiger partial charge in [0.25, 0.3) is 0 Å². The standard InChI is InChI=1S/C22H27N3O/c1-15(2)25-8-9-26-22-5-4-17(11-19(22)14-25)10-16(3)21-12-18-13-23-7-6-20(18)24-21/h4-7,11-13,15-16,24H,8-10,14H2,1-3H3. The highest BCUT2D eigenvalue weighted by Crippen LogP contribution is 2.28. The molecule has 0 spiro atoms. The Labute approximate surface area is 155 Å². The molecule has 3 heterocycles. The van der Waals surface area contributed by atoms with E-state index in [0.29, 0.717) is 12.0 Å². The Kier molecular flexibility index (Phi) is 4.68. The number of pyridine rings is 1. The summed E-state index contributed by atoms with van der Waals surface area (Å²) in [4.78, 5) is 10.2. The monoisotopic (exact) mass is 349 g/mol. The zero-order chi connectivity index (χ0) is 18.1. The van der Waals surface area contributed by atoms with Crippen molar-refractivity contribution >= 4 is 10.9 Å². The van der Waals surface area contributed by atoms with Gasteiger partial charge >= 0.3 is 0 Å². The maximum absolute atomic E-state index is 5.96. The summed E-state index contributed by atoms with van der Waals surface area (Å²) in [6, 6.07) is 11.5. The number of nitrogens with zero attached hydrogens (tertiary/aromatic N) is 2. The molecule has 4 nitrogen and oxygen atoms in total. The van der Waals surface area contributed by atoms with Crippen molar-refractivity contribution in [3.05, 3.63) is 59.5 Å². The lowest BCUT2D eigenvalue weighted by molar-refractivity contribution is 0.189. The maximum atomic E-state index is 5.96. The van der Waals surface area contributed by atoms with E-state index in [1.807, 2.05) is 18.5 Å². The summed E-state index contributed by atoms with van der Waals surface area (Å²) in [5, 5.41) is 1.18. The third-order valence-electron chi connectivity index (χ3n) is 5.38. The predicted molar refractivity (Wildman–Crippen MR) is 106 cm³/mol. The zero-order valence-corrected chi connectivity index (χ0v) is 15.8. The number of H-pyrrole nitrogens is 1. The molecule has 26 heavy (non-hydrogen) atoms. The normalized spacial score (nSPS) is 16.3. The Morgan fingerprint density at radius 1 is 1.19 bits per heavy atom. The smallest absolute Gasteiger partial charge is 0.123 e. The summed E-state index contributed by atoms with van der Waals surface area (Å²) >= 11 is 0. The molecule has 136 valence electrons. The average Bonchev–Trinajstić information content (AvgIpc) is 2.95. The van der Waals surface area contributed by atoms with Crippen molar-refractivity contribution in [2.75, 3.05) is 13.2 Å². The van der Waals surface area contributed by atoms with Crippen molar-refractivity contribution in [3.8, 4) is 5.75 Å². The molecule has 1 unspecified atom stereocenters. The molecular weight excluding hydrogens is 322 g/mol. The highest BCUT2D eigenvalue weighted by molar-refractivity contribution is 5.79. The van der Waals surface area contributed by atoms with Crippen LogP contribution in [0.1, 0.15) is 43.5 Å². The lowest BCUT2D eigenvalue weighted by atomic mass is 9.96. The van der Waals surface area contributed by atoms with Crippen LogP contribution in [0.15, 0.2) is 42.7 Å². The first kappa shape index (κ1) is 17.1. The van der Waals surface area contributed by atoms with Gasteiger partial charge in [0.2, 0.25) is 0 Å². The third kappa shape index (κ3) is 3.47. The molecule has 0 amide bonds. The molecule has 1 atom stereocenters. The third-order valence-corrected chi connectivity index (χ3v) is 5.38. The van der Waals surface area contributed by atoms with E-state index in [2.05, 4.69) is 59.9 Å². The molecule has 2 aromatic heterocycles. The average molecular weight is 349 g/mol. The first-order chi connectivity index (χ1) is 12.6. The molecule has 0 saturated carbocycles. The molecule has 4 heteroatoms. The molecular formula is C22H27N3O. The van der Waals surface area contributed by atoms with E-state index in [4.69, 9.17) is 4.74 Å². The van der Waals surface area contributed by atoms with Gasteiger partial charge in [0.15, 0.2) is 0 Å². The topological polar surface area (TPSA) is 41.1 Å². The summed E-state index contributed by atoms with van der Waals surface area (Å²) in [5.74, 6) is 1.47. The number of ether oxygens (including phenoxy) is 1. The van der Waals surface area contributed by atoms with E-state index < -0.39 is 0 Å². The van der Waals surface area contributed by atoms with Crippen LogP contribution in [0.4, 0.5) is 0 Å². The number of fused-ring (bicyclic) bond motifs is 2. The van der Waals surface area contributed by atoms with Crippen LogP contribution >= 0.6 is 0 Å². The minimum atomic E-state index is 0.424. The van der Waals surface area contributed by atoms with Crippen LogP contribution in [0.2, 0.25) is 0 Å². The van der Waals surface area contributed by atoms with Crippen molar-refractivity contribution in [2.24, 2.45) is 0 Å². The molecule has 1 N–H and O–H groups in total. The molecule has 0 saturated heterocycles. The van der Waals surface area contributed by atoms with Crippen molar-refractivity contribution in [1.82, 2.24) is 14.9 Å². The Balaban J connectivity index is 1.54. The predicted octanol–water partition coefficient (Wildman–Crippen LogP) is 4.51. The van der Waals surface area contributed by atoms with Gasteiger partial charge in [0, 0.05) is 59.6 Å². The summed E-state index contributed by atoms with van der Waals surface area (Å²) in [7, 11) is 0. The van der Waals surface area contributed by atoms with E-state index >= 15 is 0 Å². The van der Waals surface area contributed by atoms with Crippen LogP contribution in [0.5, 0.6) is 5.75 Å². The van der Waals surface area contributed by atoms with E-state index in [1.54, 1.807) is 0 Å². The van der Waals surface area contributed by atoms with Gasteiger partial charge < -0.3 is 9.72 Å². The van der Waals surface area contributed by atoms with Crippen LogP contribution < -0.4 is 4.74 Å². The second-order valence-corrected chi connectivity index (χ2v) is 7.65. The van der Waals surface area contributed by atoms with Gasteiger partial charge in [-0.25, -0.2) is 0 Å². The summed E-state index contributed by atoms with van der Waals surface area (Å²) in [6.07, 6.45) is 4.76. The van der Waals surface area contributed by atoms with Gasteiger partial charge in [0.05, 0.1) is 0 Å². The fourth-order valence-corrected chi connectivity index (χ4v) is 3.76.